The van der Waals surface area contributed by atoms with Crippen LogP contribution < -0.4 is 5.32 Å². The zero-order chi connectivity index (χ0) is 19.2. The van der Waals surface area contributed by atoms with Crippen LogP contribution in [0.1, 0.15) is 32.8 Å². The van der Waals surface area contributed by atoms with E-state index in [4.69, 9.17) is 14.7 Å². The highest BCUT2D eigenvalue weighted by atomic mass is 16.6. The molecule has 26 heavy (non-hydrogen) atoms. The Labute approximate surface area is 153 Å². The summed E-state index contributed by atoms with van der Waals surface area (Å²) in [5.41, 5.74) is 0.291. The van der Waals surface area contributed by atoms with E-state index in [1.807, 2.05) is 30.3 Å². The molecule has 0 spiro atoms. The molecule has 1 aromatic rings. The van der Waals surface area contributed by atoms with Crippen LogP contribution in [0.4, 0.5) is 9.59 Å². The van der Waals surface area contributed by atoms with Crippen molar-refractivity contribution < 1.29 is 19.1 Å². The van der Waals surface area contributed by atoms with Gasteiger partial charge in [0.1, 0.15) is 12.2 Å². The first-order valence-electron chi connectivity index (χ1n) is 8.60. The minimum atomic E-state index is -0.609. The molecule has 0 bridgehead atoms. The third-order valence-electron chi connectivity index (χ3n) is 3.96. The van der Waals surface area contributed by atoms with Crippen LogP contribution in [-0.2, 0) is 16.1 Å². The van der Waals surface area contributed by atoms with Gasteiger partial charge in [0.15, 0.2) is 0 Å². The van der Waals surface area contributed by atoms with E-state index in [1.54, 1.807) is 20.8 Å². The minimum Gasteiger partial charge on any atom is -0.445 e. The molecule has 2 amide bonds. The number of carbonyl (C=O) groups is 2. The molecular weight excluding hydrogens is 334 g/mol. The maximum Gasteiger partial charge on any atom is 0.410 e. The molecule has 0 radical (unpaired) electrons. The maximum atomic E-state index is 12.3. The fourth-order valence-corrected chi connectivity index (χ4v) is 2.78. The average molecular weight is 359 g/mol. The number of rotatable bonds is 4. The second-order valence-corrected chi connectivity index (χ2v) is 7.32. The summed E-state index contributed by atoms with van der Waals surface area (Å²) in [6.07, 6.45) is -0.765. The third kappa shape index (κ3) is 5.96. The number of benzene rings is 1. The van der Waals surface area contributed by atoms with Crippen molar-refractivity contribution in [1.29, 1.82) is 5.26 Å². The predicted octanol–water partition coefficient (Wildman–Crippen LogP) is 3.06. The fraction of sp³-hybridized carbons (Fsp3) is 0.526. The van der Waals surface area contributed by atoms with Gasteiger partial charge in [-0.3, -0.25) is 0 Å². The largest absolute Gasteiger partial charge is 0.445 e. The Morgan fingerprint density at radius 3 is 2.58 bits per heavy atom. The van der Waals surface area contributed by atoms with Crippen molar-refractivity contribution >= 4 is 12.2 Å². The SMILES string of the molecule is CC(C)(C)OC(=O)NC1CN(C(=O)OCc2ccccc2)CC1CC#N. The first-order valence-corrected chi connectivity index (χ1v) is 8.60. The quantitative estimate of drug-likeness (QED) is 0.892. The number of hydrogen-bond donors (Lipinski definition) is 1. The first-order chi connectivity index (χ1) is 12.3. The monoisotopic (exact) mass is 359 g/mol. The van der Waals surface area contributed by atoms with Crippen LogP contribution in [-0.4, -0.2) is 41.8 Å². The standard InChI is InChI=1S/C19H25N3O4/c1-19(2,3)26-17(23)21-16-12-22(11-15(16)9-10-20)18(24)25-13-14-7-5-4-6-8-14/h4-8,15-16H,9,11-13H2,1-3H3,(H,21,23). The summed E-state index contributed by atoms with van der Waals surface area (Å²) in [5, 5.41) is 11.8. The van der Waals surface area contributed by atoms with Gasteiger partial charge in [-0.15, -0.1) is 0 Å². The van der Waals surface area contributed by atoms with Crippen LogP contribution in [0.2, 0.25) is 0 Å². The summed E-state index contributed by atoms with van der Waals surface area (Å²) in [4.78, 5) is 25.8. The van der Waals surface area contributed by atoms with E-state index in [0.29, 0.717) is 13.1 Å². The summed E-state index contributed by atoms with van der Waals surface area (Å²) in [6.45, 7) is 6.17. The van der Waals surface area contributed by atoms with E-state index in [2.05, 4.69) is 11.4 Å². The molecule has 1 aliphatic rings. The van der Waals surface area contributed by atoms with Crippen molar-refractivity contribution in [3.63, 3.8) is 0 Å². The summed E-state index contributed by atoms with van der Waals surface area (Å²) >= 11 is 0. The summed E-state index contributed by atoms with van der Waals surface area (Å²) < 4.78 is 10.6. The topological polar surface area (TPSA) is 91.7 Å². The van der Waals surface area contributed by atoms with Gasteiger partial charge in [-0.25, -0.2) is 9.59 Å². The molecule has 1 fully saturated rings. The molecule has 140 valence electrons. The van der Waals surface area contributed by atoms with Gasteiger partial charge < -0.3 is 19.7 Å². The molecule has 1 aliphatic heterocycles. The summed E-state index contributed by atoms with van der Waals surface area (Å²) in [7, 11) is 0. The van der Waals surface area contributed by atoms with Crippen LogP contribution in [0.25, 0.3) is 0 Å². The molecule has 1 aromatic carbocycles. The van der Waals surface area contributed by atoms with Crippen molar-refractivity contribution in [2.24, 2.45) is 5.92 Å². The van der Waals surface area contributed by atoms with Crippen molar-refractivity contribution in [3.05, 3.63) is 35.9 Å². The number of alkyl carbamates (subject to hydrolysis) is 1. The first kappa shape index (κ1) is 19.6. The van der Waals surface area contributed by atoms with E-state index in [0.717, 1.165) is 5.56 Å². The van der Waals surface area contributed by atoms with Crippen LogP contribution in [0.3, 0.4) is 0 Å². The zero-order valence-electron chi connectivity index (χ0n) is 15.4. The number of hydrogen-bond acceptors (Lipinski definition) is 5. The Morgan fingerprint density at radius 1 is 1.27 bits per heavy atom. The molecule has 7 heteroatoms. The normalized spacial score (nSPS) is 19.5. The molecule has 0 aliphatic carbocycles. The van der Waals surface area contributed by atoms with Crippen LogP contribution in [0, 0.1) is 17.2 Å². The number of likely N-dealkylation sites (tertiary alicyclic amines) is 1. The fourth-order valence-electron chi connectivity index (χ4n) is 2.78. The lowest BCUT2D eigenvalue weighted by Crippen LogP contribution is -2.43. The van der Waals surface area contributed by atoms with Gasteiger partial charge in [0, 0.05) is 25.4 Å². The Kier molecular flexibility index (Phi) is 6.45. The van der Waals surface area contributed by atoms with Crippen molar-refractivity contribution in [3.8, 4) is 6.07 Å². The van der Waals surface area contributed by atoms with Crippen LogP contribution in [0.15, 0.2) is 30.3 Å². The highest BCUT2D eigenvalue weighted by Gasteiger charge is 2.37. The molecule has 0 aromatic heterocycles. The molecular formula is C19H25N3O4. The molecule has 2 rings (SSSR count). The van der Waals surface area contributed by atoms with Crippen molar-refractivity contribution in [2.75, 3.05) is 13.1 Å². The van der Waals surface area contributed by atoms with E-state index in [-0.39, 0.29) is 25.0 Å². The van der Waals surface area contributed by atoms with E-state index in [1.165, 1.54) is 4.90 Å². The van der Waals surface area contributed by atoms with Gasteiger partial charge in [0.2, 0.25) is 0 Å². The molecule has 1 N–H and O–H groups in total. The highest BCUT2D eigenvalue weighted by Crippen LogP contribution is 2.22. The Balaban J connectivity index is 1.91. The summed E-state index contributed by atoms with van der Waals surface area (Å²) in [5.74, 6) is -0.156. The Hall–Kier alpha value is -2.75. The van der Waals surface area contributed by atoms with Gasteiger partial charge in [-0.05, 0) is 26.3 Å². The van der Waals surface area contributed by atoms with E-state index < -0.39 is 17.8 Å². The number of carbonyl (C=O) groups excluding carboxylic acids is 2. The number of nitriles is 1. The Bertz CT molecular complexity index is 664. The van der Waals surface area contributed by atoms with Gasteiger partial charge in [-0.1, -0.05) is 30.3 Å². The smallest absolute Gasteiger partial charge is 0.410 e. The summed E-state index contributed by atoms with van der Waals surface area (Å²) in [6, 6.07) is 11.2. The van der Waals surface area contributed by atoms with E-state index in [9.17, 15) is 9.59 Å². The van der Waals surface area contributed by atoms with Gasteiger partial charge in [0.05, 0.1) is 12.1 Å². The second-order valence-electron chi connectivity index (χ2n) is 7.32. The molecule has 2 unspecified atom stereocenters. The molecule has 0 saturated carbocycles. The van der Waals surface area contributed by atoms with Crippen LogP contribution in [0.5, 0.6) is 0 Å². The lowest BCUT2D eigenvalue weighted by atomic mass is 10.0. The maximum absolute atomic E-state index is 12.3. The lowest BCUT2D eigenvalue weighted by Gasteiger charge is -2.23. The van der Waals surface area contributed by atoms with Crippen molar-refractivity contribution in [2.45, 2.75) is 45.4 Å². The van der Waals surface area contributed by atoms with Gasteiger partial charge in [0.25, 0.3) is 0 Å². The second kappa shape index (κ2) is 8.56. The number of nitrogens with zero attached hydrogens (tertiary/aromatic N) is 2. The number of nitrogens with one attached hydrogen (secondary N) is 1. The number of amides is 2. The van der Waals surface area contributed by atoms with Crippen molar-refractivity contribution in [1.82, 2.24) is 10.2 Å². The van der Waals surface area contributed by atoms with Crippen LogP contribution >= 0.6 is 0 Å². The zero-order valence-corrected chi connectivity index (χ0v) is 15.4. The van der Waals surface area contributed by atoms with Gasteiger partial charge >= 0.3 is 12.2 Å². The Morgan fingerprint density at radius 2 is 1.96 bits per heavy atom. The molecule has 2 atom stereocenters. The average Bonchev–Trinajstić information content (AvgIpc) is 2.95. The molecule has 1 heterocycles. The van der Waals surface area contributed by atoms with E-state index >= 15 is 0 Å². The highest BCUT2D eigenvalue weighted by molar-refractivity contribution is 5.70. The third-order valence-corrected chi connectivity index (χ3v) is 3.96. The molecule has 1 saturated heterocycles. The lowest BCUT2D eigenvalue weighted by molar-refractivity contribution is 0.0494. The van der Waals surface area contributed by atoms with Gasteiger partial charge in [-0.2, -0.15) is 5.26 Å². The number of ether oxygens (including phenoxy) is 2. The molecule has 7 nitrogen and oxygen atoms in total. The predicted molar refractivity (Wildman–Crippen MR) is 95.1 cm³/mol. The minimum absolute atomic E-state index is 0.156.